The summed E-state index contributed by atoms with van der Waals surface area (Å²) in [5.41, 5.74) is 2.11. The van der Waals surface area contributed by atoms with E-state index in [9.17, 15) is 9.59 Å². The molecule has 0 N–H and O–H groups in total. The maximum absolute atomic E-state index is 12.1. The summed E-state index contributed by atoms with van der Waals surface area (Å²) in [5, 5.41) is 0. The molecule has 1 aliphatic rings. The molecule has 4 nitrogen and oxygen atoms in total. The van der Waals surface area contributed by atoms with E-state index in [1.807, 2.05) is 13.8 Å². The number of Topliss-reactive ketones (excluding diaryl/α,β-unsaturated/α-hetero) is 1. The van der Waals surface area contributed by atoms with Gasteiger partial charge in [-0.2, -0.15) is 0 Å². The first-order valence-corrected chi connectivity index (χ1v) is 5.63. The highest BCUT2D eigenvalue weighted by molar-refractivity contribution is 6.13. The van der Waals surface area contributed by atoms with Gasteiger partial charge < -0.3 is 9.47 Å². The van der Waals surface area contributed by atoms with Crippen molar-refractivity contribution in [3.05, 3.63) is 34.6 Å². The lowest BCUT2D eigenvalue weighted by Gasteiger charge is -2.05. The molecule has 1 aromatic carbocycles. The van der Waals surface area contributed by atoms with E-state index in [0.29, 0.717) is 22.8 Å². The quantitative estimate of drug-likeness (QED) is 0.434. The lowest BCUT2D eigenvalue weighted by molar-refractivity contribution is -0.131. The number of fused-ring (bicyclic) bond motifs is 1. The normalized spacial score (nSPS) is 13.1. The average molecular weight is 246 g/mol. The summed E-state index contributed by atoms with van der Waals surface area (Å²) in [6.07, 6.45) is 0. The molecule has 0 radical (unpaired) electrons. The van der Waals surface area contributed by atoms with Crippen LogP contribution < -0.4 is 9.47 Å². The van der Waals surface area contributed by atoms with Gasteiger partial charge >= 0.3 is 5.97 Å². The van der Waals surface area contributed by atoms with Crippen LogP contribution in [0.4, 0.5) is 0 Å². The average Bonchev–Trinajstić information content (AvgIpc) is 2.55. The van der Waals surface area contributed by atoms with Crippen LogP contribution >= 0.6 is 0 Å². The molecule has 0 saturated heterocycles. The first kappa shape index (κ1) is 12.4. The van der Waals surface area contributed by atoms with Gasteiger partial charge in [0.25, 0.3) is 0 Å². The minimum atomic E-state index is -0.402. The third kappa shape index (κ3) is 2.01. The third-order valence-corrected chi connectivity index (χ3v) is 2.63. The Morgan fingerprint density at radius 2 is 1.89 bits per heavy atom. The fraction of sp³-hybridized carbons (Fsp3) is 0.286. The topological polar surface area (TPSA) is 52.6 Å². The number of allylic oxidation sites excluding steroid dienone is 2. The van der Waals surface area contributed by atoms with Gasteiger partial charge in [-0.3, -0.25) is 9.59 Å². The molecular formula is C14H14O4. The lowest BCUT2D eigenvalue weighted by atomic mass is 10.0. The highest BCUT2D eigenvalue weighted by atomic mass is 16.5. The lowest BCUT2D eigenvalue weighted by Crippen LogP contribution is -2.03. The Morgan fingerprint density at radius 3 is 2.44 bits per heavy atom. The molecule has 0 aliphatic carbocycles. The van der Waals surface area contributed by atoms with E-state index >= 15 is 0 Å². The zero-order valence-electron chi connectivity index (χ0n) is 10.8. The molecule has 18 heavy (non-hydrogen) atoms. The number of ether oxygens (including phenoxy) is 2. The predicted octanol–water partition coefficient (Wildman–Crippen LogP) is 2.79. The van der Waals surface area contributed by atoms with Crippen molar-refractivity contribution >= 4 is 11.8 Å². The Kier molecular flexibility index (Phi) is 2.95. The summed E-state index contributed by atoms with van der Waals surface area (Å²) in [6, 6.07) is 3.23. The Hall–Kier alpha value is -2.10. The van der Waals surface area contributed by atoms with Crippen LogP contribution in [0, 0.1) is 6.92 Å². The van der Waals surface area contributed by atoms with Gasteiger partial charge in [0.05, 0.1) is 5.56 Å². The second kappa shape index (κ2) is 4.29. The fourth-order valence-corrected chi connectivity index (χ4v) is 1.92. The van der Waals surface area contributed by atoms with Crippen LogP contribution in [-0.4, -0.2) is 11.8 Å². The molecule has 0 aromatic heterocycles. The number of hydrogen-bond donors (Lipinski definition) is 0. The summed E-state index contributed by atoms with van der Waals surface area (Å²) >= 11 is 0. The smallest absolute Gasteiger partial charge is 0.308 e. The van der Waals surface area contributed by atoms with Crippen LogP contribution in [0.1, 0.15) is 36.7 Å². The van der Waals surface area contributed by atoms with Crippen LogP contribution in [0.5, 0.6) is 11.5 Å². The van der Waals surface area contributed by atoms with Gasteiger partial charge in [-0.15, -0.1) is 0 Å². The van der Waals surface area contributed by atoms with E-state index in [4.69, 9.17) is 9.47 Å². The number of rotatable bonds is 1. The number of aryl methyl sites for hydroxylation is 1. The second-order valence-electron chi connectivity index (χ2n) is 4.47. The van der Waals surface area contributed by atoms with Gasteiger partial charge in [0, 0.05) is 13.0 Å². The van der Waals surface area contributed by atoms with E-state index in [1.54, 1.807) is 19.1 Å². The zero-order valence-corrected chi connectivity index (χ0v) is 10.8. The van der Waals surface area contributed by atoms with Gasteiger partial charge in [-0.1, -0.05) is 0 Å². The number of esters is 1. The first-order chi connectivity index (χ1) is 8.40. The summed E-state index contributed by atoms with van der Waals surface area (Å²) in [7, 11) is 0. The molecule has 0 bridgehead atoms. The van der Waals surface area contributed by atoms with Gasteiger partial charge in [0.2, 0.25) is 5.78 Å². The Bertz CT molecular complexity index is 578. The number of hydrogen-bond acceptors (Lipinski definition) is 4. The minimum absolute atomic E-state index is 0.114. The van der Waals surface area contributed by atoms with E-state index in [1.165, 1.54) is 6.92 Å². The summed E-state index contributed by atoms with van der Waals surface area (Å²) in [6.45, 7) is 6.76. The standard InChI is InChI=1S/C14H14O4/c1-7(2)14-13(16)12-8(3)5-10(17-9(4)15)6-11(12)18-14/h5-6H,1-4H3. The Balaban J connectivity index is 2.51. The van der Waals surface area contributed by atoms with Crippen LogP contribution in [0.2, 0.25) is 0 Å². The third-order valence-electron chi connectivity index (χ3n) is 2.63. The fourth-order valence-electron chi connectivity index (χ4n) is 1.92. The summed E-state index contributed by atoms with van der Waals surface area (Å²) < 4.78 is 10.5. The number of carbonyl (C=O) groups excluding carboxylic acids is 2. The molecule has 94 valence electrons. The molecule has 1 heterocycles. The molecular weight excluding hydrogens is 232 g/mol. The number of ketones is 1. The summed E-state index contributed by atoms with van der Waals surface area (Å²) in [4.78, 5) is 23.0. The molecule has 1 aromatic rings. The van der Waals surface area contributed by atoms with Crippen molar-refractivity contribution in [2.45, 2.75) is 27.7 Å². The Morgan fingerprint density at radius 1 is 1.22 bits per heavy atom. The number of benzene rings is 1. The van der Waals surface area contributed by atoms with Crippen LogP contribution in [-0.2, 0) is 4.79 Å². The maximum atomic E-state index is 12.1. The van der Waals surface area contributed by atoms with Crippen molar-refractivity contribution in [3.8, 4) is 11.5 Å². The second-order valence-corrected chi connectivity index (χ2v) is 4.47. The molecule has 0 unspecified atom stereocenters. The van der Waals surface area contributed by atoms with Crippen molar-refractivity contribution < 1.29 is 19.1 Å². The molecule has 0 fully saturated rings. The van der Waals surface area contributed by atoms with Crippen molar-refractivity contribution in [1.29, 1.82) is 0 Å². The molecule has 0 amide bonds. The molecule has 1 aliphatic heterocycles. The first-order valence-electron chi connectivity index (χ1n) is 5.63. The largest absolute Gasteiger partial charge is 0.452 e. The van der Waals surface area contributed by atoms with E-state index in [2.05, 4.69) is 0 Å². The summed E-state index contributed by atoms with van der Waals surface area (Å²) in [5.74, 6) is 0.681. The van der Waals surface area contributed by atoms with Crippen LogP contribution in [0.3, 0.4) is 0 Å². The molecule has 2 rings (SSSR count). The SMILES string of the molecule is CC(=O)Oc1cc(C)c2c(c1)OC(=C(C)C)C2=O. The van der Waals surface area contributed by atoms with Gasteiger partial charge in [0.15, 0.2) is 5.76 Å². The van der Waals surface area contributed by atoms with Gasteiger partial charge in [-0.25, -0.2) is 0 Å². The van der Waals surface area contributed by atoms with Crippen molar-refractivity contribution in [1.82, 2.24) is 0 Å². The van der Waals surface area contributed by atoms with Gasteiger partial charge in [-0.05, 0) is 38.0 Å². The molecule has 0 atom stereocenters. The van der Waals surface area contributed by atoms with E-state index in [-0.39, 0.29) is 5.78 Å². The molecule has 4 heteroatoms. The maximum Gasteiger partial charge on any atom is 0.308 e. The monoisotopic (exact) mass is 246 g/mol. The van der Waals surface area contributed by atoms with Crippen molar-refractivity contribution in [2.75, 3.05) is 0 Å². The van der Waals surface area contributed by atoms with E-state index < -0.39 is 5.97 Å². The molecule has 0 spiro atoms. The van der Waals surface area contributed by atoms with E-state index in [0.717, 1.165) is 11.1 Å². The van der Waals surface area contributed by atoms with Crippen molar-refractivity contribution in [2.24, 2.45) is 0 Å². The number of carbonyl (C=O) groups is 2. The Labute approximate surface area is 105 Å². The molecule has 0 saturated carbocycles. The predicted molar refractivity (Wildman–Crippen MR) is 65.8 cm³/mol. The zero-order chi connectivity index (χ0) is 13.4. The van der Waals surface area contributed by atoms with Gasteiger partial charge in [0.1, 0.15) is 11.5 Å². The van der Waals surface area contributed by atoms with Crippen molar-refractivity contribution in [3.63, 3.8) is 0 Å². The minimum Gasteiger partial charge on any atom is -0.452 e. The van der Waals surface area contributed by atoms with Crippen LogP contribution in [0.25, 0.3) is 0 Å². The van der Waals surface area contributed by atoms with Crippen LogP contribution in [0.15, 0.2) is 23.5 Å². The highest BCUT2D eigenvalue weighted by Gasteiger charge is 2.30. The highest BCUT2D eigenvalue weighted by Crippen LogP contribution is 2.37.